The zero-order valence-corrected chi connectivity index (χ0v) is 5.18. The van der Waals surface area contributed by atoms with E-state index in [0.29, 0.717) is 0 Å². The quantitative estimate of drug-likeness (QED) is 0.189. The summed E-state index contributed by atoms with van der Waals surface area (Å²) in [6, 6.07) is 0. The monoisotopic (exact) mass is 150 g/mol. The minimum atomic E-state index is -2.32. The first kappa shape index (κ1) is 8.05. The number of guanidine groups is 1. The number of hydrogen-bond donors (Lipinski definition) is 4. The van der Waals surface area contributed by atoms with Gasteiger partial charge in [-0.15, -0.1) is 0 Å². The van der Waals surface area contributed by atoms with Crippen LogP contribution in [0.2, 0.25) is 0 Å². The second-order valence-corrected chi connectivity index (χ2v) is 2.00. The molecule has 0 aromatic rings. The van der Waals surface area contributed by atoms with Crippen molar-refractivity contribution in [2.24, 2.45) is 16.5 Å². The molecule has 1 atom stereocenters. The van der Waals surface area contributed by atoms with Gasteiger partial charge in [0.1, 0.15) is 0 Å². The van der Waals surface area contributed by atoms with Crippen LogP contribution in [0.15, 0.2) is 4.99 Å². The summed E-state index contributed by atoms with van der Waals surface area (Å²) in [4.78, 5) is 2.98. The maximum absolute atomic E-state index is 9.94. The van der Waals surface area contributed by atoms with E-state index in [2.05, 4.69) is 4.99 Å². The second-order valence-electron chi connectivity index (χ2n) is 1.08. The van der Waals surface area contributed by atoms with Crippen LogP contribution in [0.3, 0.4) is 0 Å². The zero-order chi connectivity index (χ0) is 7.44. The fraction of sp³-hybridized carbons (Fsp3) is 0. The van der Waals surface area contributed by atoms with Crippen molar-refractivity contribution in [3.05, 3.63) is 0 Å². The summed E-state index contributed by atoms with van der Waals surface area (Å²) in [5.74, 6) is -0.588. The molecular weight excluding hydrogens is 144 g/mol. The average Bonchev–Trinajstić information content (AvgIpc) is 1.63. The summed E-state index contributed by atoms with van der Waals surface area (Å²) in [6.45, 7) is 0. The highest BCUT2D eigenvalue weighted by molar-refractivity contribution is 7.95. The summed E-state index contributed by atoms with van der Waals surface area (Å²) in [6.07, 6.45) is 0. The highest BCUT2D eigenvalue weighted by Crippen LogP contribution is 1.73. The Balaban J connectivity index is 4.17. The third kappa shape index (κ3) is 3.62. The van der Waals surface area contributed by atoms with Gasteiger partial charge in [0.2, 0.25) is 22.2 Å². The maximum Gasteiger partial charge on any atom is 0.223 e. The van der Waals surface area contributed by atoms with Crippen LogP contribution >= 0.6 is 0 Å². The number of hydrogen-bond acceptors (Lipinski definition) is 2. The largest absolute Gasteiger partial charge is 0.374 e. The van der Waals surface area contributed by atoms with Crippen molar-refractivity contribution in [3.63, 3.8) is 0 Å². The minimum Gasteiger partial charge on any atom is -0.374 e. The lowest BCUT2D eigenvalue weighted by atomic mass is 11.0. The summed E-state index contributed by atoms with van der Waals surface area (Å²) >= 11 is -2.32. The van der Waals surface area contributed by atoms with Gasteiger partial charge in [-0.25, -0.2) is 4.21 Å². The molecule has 6 nitrogen and oxygen atoms in total. The van der Waals surface area contributed by atoms with Gasteiger partial charge >= 0.3 is 0 Å². The number of nitrogens with one attached hydrogen (secondary N) is 1. The lowest BCUT2D eigenvalue weighted by molar-refractivity contribution is 0.577. The molecule has 0 aliphatic heterocycles. The third-order valence-corrected chi connectivity index (χ3v) is 0.859. The van der Waals surface area contributed by atoms with E-state index in [0.717, 1.165) is 0 Å². The van der Waals surface area contributed by atoms with E-state index >= 15 is 0 Å². The highest BCUT2D eigenvalue weighted by Gasteiger charge is 1.98. The molecule has 0 aliphatic carbocycles. The van der Waals surface area contributed by atoms with E-state index in [1.54, 1.807) is 0 Å². The molecule has 0 saturated heterocycles. The summed E-state index contributed by atoms with van der Waals surface area (Å²) in [7, 11) is 0. The van der Waals surface area contributed by atoms with E-state index in [9.17, 15) is 4.21 Å². The van der Waals surface area contributed by atoms with Crippen molar-refractivity contribution in [1.29, 1.82) is 5.41 Å². The van der Waals surface area contributed by atoms with Gasteiger partial charge in [0, 0.05) is 0 Å². The molecule has 0 fully saturated rings. The van der Waals surface area contributed by atoms with Crippen LogP contribution in [-0.2, 0) is 11.1 Å². The Morgan fingerprint density at radius 3 is 2.22 bits per heavy atom. The van der Waals surface area contributed by atoms with E-state index in [1.165, 1.54) is 0 Å². The number of nitrogens with two attached hydrogens (primary N) is 2. The lowest BCUT2D eigenvalue weighted by Gasteiger charge is -1.89. The zero-order valence-electron chi connectivity index (χ0n) is 4.37. The van der Waals surface area contributed by atoms with Gasteiger partial charge in [-0.05, 0) is 0 Å². The molecule has 6 N–H and O–H groups in total. The molecule has 0 aromatic carbocycles. The first-order valence-corrected chi connectivity index (χ1v) is 2.93. The van der Waals surface area contributed by atoms with E-state index in [1.807, 2.05) is 0 Å². The van der Waals surface area contributed by atoms with Crippen LogP contribution in [0, 0.1) is 5.41 Å². The summed E-state index contributed by atoms with van der Waals surface area (Å²) in [5.41, 5.74) is 9.50. The molecule has 0 bridgehead atoms. The van der Waals surface area contributed by atoms with Gasteiger partial charge in [-0.3, -0.25) is 9.96 Å². The number of nitrogens with zero attached hydrogens (tertiary/aromatic N) is 1. The van der Waals surface area contributed by atoms with Gasteiger partial charge in [-0.1, -0.05) is 0 Å². The molecule has 0 radical (unpaired) electrons. The molecule has 9 heavy (non-hydrogen) atoms. The number of amidine groups is 1. The molecular formula is C2H6N4O2S. The Labute approximate surface area is 53.7 Å². The van der Waals surface area contributed by atoms with Crippen molar-refractivity contribution >= 4 is 22.2 Å². The van der Waals surface area contributed by atoms with Gasteiger partial charge in [0.15, 0.2) is 0 Å². The predicted molar refractivity (Wildman–Crippen MR) is 34.3 cm³/mol. The smallest absolute Gasteiger partial charge is 0.223 e. The Kier molecular flexibility index (Phi) is 2.82. The molecule has 0 aliphatic rings. The van der Waals surface area contributed by atoms with Crippen molar-refractivity contribution in [1.82, 2.24) is 0 Å². The fourth-order valence-corrected chi connectivity index (χ4v) is 0.334. The Morgan fingerprint density at radius 2 is 2.11 bits per heavy atom. The Morgan fingerprint density at radius 1 is 1.67 bits per heavy atom. The van der Waals surface area contributed by atoms with Crippen molar-refractivity contribution in [2.75, 3.05) is 0 Å². The van der Waals surface area contributed by atoms with Crippen LogP contribution in [0.4, 0.5) is 0 Å². The van der Waals surface area contributed by atoms with E-state index < -0.39 is 22.2 Å². The normalized spacial score (nSPS) is 15.0. The lowest BCUT2D eigenvalue weighted by Crippen LogP contribution is -2.21. The van der Waals surface area contributed by atoms with E-state index in [4.69, 9.17) is 21.4 Å². The van der Waals surface area contributed by atoms with Crippen LogP contribution in [0.25, 0.3) is 0 Å². The van der Waals surface area contributed by atoms with Gasteiger partial charge in [-0.2, -0.15) is 4.99 Å². The van der Waals surface area contributed by atoms with Gasteiger partial charge in [0.05, 0.1) is 0 Å². The first-order valence-electron chi connectivity index (χ1n) is 1.83. The second kappa shape index (κ2) is 3.15. The molecule has 7 heteroatoms. The topological polar surface area (TPSA) is 126 Å². The minimum absolute atomic E-state index is 0.567. The molecule has 1 unspecified atom stereocenters. The van der Waals surface area contributed by atoms with Crippen molar-refractivity contribution in [3.8, 4) is 0 Å². The molecule has 0 rings (SSSR count). The summed E-state index contributed by atoms with van der Waals surface area (Å²) < 4.78 is 18.1. The molecule has 0 amide bonds. The van der Waals surface area contributed by atoms with Crippen molar-refractivity contribution in [2.45, 2.75) is 0 Å². The maximum atomic E-state index is 9.94. The fourth-order valence-electron chi connectivity index (χ4n) is 0.158. The number of rotatable bonds is 0. The average molecular weight is 150 g/mol. The third-order valence-electron chi connectivity index (χ3n) is 0.410. The van der Waals surface area contributed by atoms with Gasteiger partial charge < -0.3 is 11.5 Å². The van der Waals surface area contributed by atoms with Crippen LogP contribution in [0.5, 0.6) is 0 Å². The van der Waals surface area contributed by atoms with Crippen LogP contribution in [-0.4, -0.2) is 19.9 Å². The summed E-state index contributed by atoms with van der Waals surface area (Å²) in [5, 5.41) is 5.92. The van der Waals surface area contributed by atoms with Crippen LogP contribution < -0.4 is 11.5 Å². The Hall–Kier alpha value is -0.950. The van der Waals surface area contributed by atoms with Gasteiger partial charge in [0.25, 0.3) is 0 Å². The SMILES string of the molecule is N=C(N)/N=C(/N)S(=O)O. The molecule has 52 valence electrons. The molecule has 0 heterocycles. The van der Waals surface area contributed by atoms with E-state index in [-0.39, 0.29) is 0 Å². The molecule has 0 aromatic heterocycles. The number of aliphatic imine (C=N–C) groups is 1. The van der Waals surface area contributed by atoms with Crippen LogP contribution in [0.1, 0.15) is 0 Å². The Bertz CT molecular complexity index is 175. The standard InChI is InChI=1S/C2H6N4O2S/c3-1(4)6-2(5)9(7)8/h(H,7,8)(H5,3,4,5,6). The van der Waals surface area contributed by atoms with Crippen molar-refractivity contribution < 1.29 is 8.76 Å². The highest BCUT2D eigenvalue weighted by atomic mass is 32.2. The molecule has 0 saturated carbocycles. The predicted octanol–water partition coefficient (Wildman–Crippen LogP) is -1.58. The molecule has 0 spiro atoms. The first-order chi connectivity index (χ1) is 4.04.